The van der Waals surface area contributed by atoms with Crippen LogP contribution in [0.15, 0.2) is 36.9 Å². The lowest BCUT2D eigenvalue weighted by Gasteiger charge is -2.48. The zero-order valence-corrected chi connectivity index (χ0v) is 14.1. The van der Waals surface area contributed by atoms with Gasteiger partial charge in [-0.05, 0) is 62.2 Å². The van der Waals surface area contributed by atoms with E-state index in [1.807, 2.05) is 6.08 Å². The first-order chi connectivity index (χ1) is 11.2. The number of rotatable bonds is 4. The average Bonchev–Trinajstić information content (AvgIpc) is 2.50. The van der Waals surface area contributed by atoms with Crippen molar-refractivity contribution in [3.8, 4) is 0 Å². The minimum absolute atomic E-state index is 0.239. The van der Waals surface area contributed by atoms with Crippen LogP contribution >= 0.6 is 12.2 Å². The van der Waals surface area contributed by atoms with Crippen LogP contribution in [0, 0.1) is 5.82 Å². The molecule has 124 valence electrons. The first kappa shape index (κ1) is 16.4. The third-order valence-corrected chi connectivity index (χ3v) is 5.12. The number of nitrogens with zero attached hydrogens (tertiary/aromatic N) is 1. The molecule has 2 saturated heterocycles. The van der Waals surface area contributed by atoms with Crippen molar-refractivity contribution in [1.82, 2.24) is 10.2 Å². The monoisotopic (exact) mass is 333 g/mol. The number of thiocarbonyl (C=S) groups is 1. The zero-order valence-electron chi connectivity index (χ0n) is 13.3. The van der Waals surface area contributed by atoms with E-state index in [9.17, 15) is 4.39 Å². The molecule has 2 bridgehead atoms. The molecular weight excluding hydrogens is 309 g/mol. The maximum Gasteiger partial charge on any atom is 0.170 e. The fourth-order valence-corrected chi connectivity index (χ4v) is 4.21. The molecule has 1 aromatic rings. The number of hydrogen-bond donors (Lipinski definition) is 2. The fraction of sp³-hybridized carbons (Fsp3) is 0.500. The minimum Gasteiger partial charge on any atom is -0.360 e. The first-order valence-corrected chi connectivity index (χ1v) is 8.76. The first-order valence-electron chi connectivity index (χ1n) is 8.35. The number of benzene rings is 1. The smallest absolute Gasteiger partial charge is 0.170 e. The number of hydrogen-bond acceptors (Lipinski definition) is 2. The Morgan fingerprint density at radius 2 is 1.91 bits per heavy atom. The van der Waals surface area contributed by atoms with Gasteiger partial charge in [-0.15, -0.1) is 6.58 Å². The molecule has 5 heteroatoms. The number of halogens is 1. The highest BCUT2D eigenvalue weighted by Gasteiger charge is 2.37. The predicted molar refractivity (Wildman–Crippen MR) is 97.1 cm³/mol. The van der Waals surface area contributed by atoms with Crippen LogP contribution < -0.4 is 10.6 Å². The van der Waals surface area contributed by atoms with E-state index < -0.39 is 0 Å². The van der Waals surface area contributed by atoms with Gasteiger partial charge in [0.1, 0.15) is 5.82 Å². The van der Waals surface area contributed by atoms with E-state index >= 15 is 0 Å². The van der Waals surface area contributed by atoms with E-state index in [0.29, 0.717) is 23.2 Å². The van der Waals surface area contributed by atoms with Gasteiger partial charge >= 0.3 is 0 Å². The molecule has 0 amide bonds. The van der Waals surface area contributed by atoms with Crippen molar-refractivity contribution in [2.45, 2.75) is 50.2 Å². The molecule has 2 heterocycles. The highest BCUT2D eigenvalue weighted by molar-refractivity contribution is 7.80. The molecule has 2 aliphatic heterocycles. The van der Waals surface area contributed by atoms with Crippen molar-refractivity contribution in [3.63, 3.8) is 0 Å². The highest BCUT2D eigenvalue weighted by atomic mass is 32.1. The maximum atomic E-state index is 12.9. The molecule has 3 nitrogen and oxygen atoms in total. The van der Waals surface area contributed by atoms with Crippen molar-refractivity contribution < 1.29 is 4.39 Å². The molecule has 0 spiro atoms. The van der Waals surface area contributed by atoms with Crippen LogP contribution in [0.25, 0.3) is 0 Å². The van der Waals surface area contributed by atoms with Gasteiger partial charge in [-0.2, -0.15) is 0 Å². The van der Waals surface area contributed by atoms with Crippen LogP contribution in [-0.4, -0.2) is 34.7 Å². The number of piperidine rings is 2. The molecule has 2 aliphatic rings. The summed E-state index contributed by atoms with van der Waals surface area (Å²) in [6.07, 6.45) is 8.11. The van der Waals surface area contributed by atoms with E-state index in [1.54, 1.807) is 12.1 Å². The summed E-state index contributed by atoms with van der Waals surface area (Å²) >= 11 is 5.42. The SMILES string of the molecule is C=CCN1C2CCCC1CC(NC(=S)Nc1ccc(F)cc1)C2. The largest absolute Gasteiger partial charge is 0.360 e. The summed E-state index contributed by atoms with van der Waals surface area (Å²) in [6.45, 7) is 4.87. The number of anilines is 1. The van der Waals surface area contributed by atoms with Gasteiger partial charge in [-0.1, -0.05) is 12.5 Å². The van der Waals surface area contributed by atoms with Crippen molar-refractivity contribution >= 4 is 23.0 Å². The van der Waals surface area contributed by atoms with Gasteiger partial charge in [0, 0.05) is 30.4 Å². The van der Waals surface area contributed by atoms with Crippen LogP contribution in [0.4, 0.5) is 10.1 Å². The Balaban J connectivity index is 1.55. The van der Waals surface area contributed by atoms with Crippen LogP contribution in [0.3, 0.4) is 0 Å². The molecule has 2 atom stereocenters. The van der Waals surface area contributed by atoms with Gasteiger partial charge in [0.2, 0.25) is 0 Å². The maximum absolute atomic E-state index is 12.9. The van der Waals surface area contributed by atoms with Gasteiger partial charge in [0.05, 0.1) is 0 Å². The summed E-state index contributed by atoms with van der Waals surface area (Å²) in [7, 11) is 0. The third-order valence-electron chi connectivity index (χ3n) is 4.90. The van der Waals surface area contributed by atoms with E-state index in [2.05, 4.69) is 22.1 Å². The van der Waals surface area contributed by atoms with Crippen molar-refractivity contribution in [1.29, 1.82) is 0 Å². The van der Waals surface area contributed by atoms with E-state index in [-0.39, 0.29) is 5.82 Å². The van der Waals surface area contributed by atoms with Crippen molar-refractivity contribution in [3.05, 3.63) is 42.7 Å². The van der Waals surface area contributed by atoms with Gasteiger partial charge in [-0.3, -0.25) is 4.90 Å². The Morgan fingerprint density at radius 1 is 1.26 bits per heavy atom. The standard InChI is InChI=1S/C18H24FN3S/c1-2-10-22-16-4-3-5-17(22)12-15(11-16)21-18(23)20-14-8-6-13(19)7-9-14/h2,6-9,15-17H,1,3-5,10-12H2,(H2,20,21,23). The second-order valence-corrected chi connectivity index (χ2v) is 6.91. The molecule has 1 aromatic carbocycles. The summed E-state index contributed by atoms with van der Waals surface area (Å²) in [4.78, 5) is 2.60. The Bertz CT molecular complexity index is 546. The molecule has 2 N–H and O–H groups in total. The predicted octanol–water partition coefficient (Wildman–Crippen LogP) is 3.68. The second kappa shape index (κ2) is 7.41. The third kappa shape index (κ3) is 4.09. The second-order valence-electron chi connectivity index (χ2n) is 6.50. The van der Waals surface area contributed by atoms with Crippen LogP contribution in [0.5, 0.6) is 0 Å². The molecule has 2 fully saturated rings. The normalized spacial score (nSPS) is 27.3. The van der Waals surface area contributed by atoms with E-state index in [4.69, 9.17) is 12.2 Å². The average molecular weight is 333 g/mol. The molecule has 0 radical (unpaired) electrons. The summed E-state index contributed by atoms with van der Waals surface area (Å²) in [5, 5.41) is 7.21. The quantitative estimate of drug-likeness (QED) is 0.649. The van der Waals surface area contributed by atoms with Gasteiger partial charge < -0.3 is 10.6 Å². The highest BCUT2D eigenvalue weighted by Crippen LogP contribution is 2.33. The molecule has 3 rings (SSSR count). The molecule has 2 unspecified atom stereocenters. The van der Waals surface area contributed by atoms with Gasteiger partial charge in [0.15, 0.2) is 5.11 Å². The lowest BCUT2D eigenvalue weighted by molar-refractivity contribution is 0.0389. The molecule has 0 aromatic heterocycles. The minimum atomic E-state index is -0.239. The molecule has 0 aliphatic carbocycles. The van der Waals surface area contributed by atoms with Crippen LogP contribution in [0.2, 0.25) is 0 Å². The van der Waals surface area contributed by atoms with E-state index in [1.165, 1.54) is 31.4 Å². The van der Waals surface area contributed by atoms with Crippen LogP contribution in [-0.2, 0) is 0 Å². The van der Waals surface area contributed by atoms with Crippen LogP contribution in [0.1, 0.15) is 32.1 Å². The molecule has 23 heavy (non-hydrogen) atoms. The Labute approximate surface area is 142 Å². The van der Waals surface area contributed by atoms with Crippen molar-refractivity contribution in [2.75, 3.05) is 11.9 Å². The number of fused-ring (bicyclic) bond motifs is 2. The fourth-order valence-electron chi connectivity index (χ4n) is 3.93. The van der Waals surface area contributed by atoms with Gasteiger partial charge in [-0.25, -0.2) is 4.39 Å². The summed E-state index contributed by atoms with van der Waals surface area (Å²) in [5.74, 6) is -0.239. The number of nitrogens with one attached hydrogen (secondary N) is 2. The molecule has 0 saturated carbocycles. The van der Waals surface area contributed by atoms with E-state index in [0.717, 1.165) is 25.1 Å². The zero-order chi connectivity index (χ0) is 16.2. The summed E-state index contributed by atoms with van der Waals surface area (Å²) in [6, 6.07) is 7.94. The lowest BCUT2D eigenvalue weighted by Crippen LogP contribution is -2.57. The van der Waals surface area contributed by atoms with Crippen molar-refractivity contribution in [2.24, 2.45) is 0 Å². The summed E-state index contributed by atoms with van der Waals surface area (Å²) in [5.41, 5.74) is 0.813. The summed E-state index contributed by atoms with van der Waals surface area (Å²) < 4.78 is 12.9. The topological polar surface area (TPSA) is 27.3 Å². The Kier molecular flexibility index (Phi) is 5.28. The Morgan fingerprint density at radius 3 is 2.52 bits per heavy atom. The van der Waals surface area contributed by atoms with Gasteiger partial charge in [0.25, 0.3) is 0 Å². The lowest BCUT2D eigenvalue weighted by atomic mass is 9.82. The Hall–Kier alpha value is -1.46. The molecular formula is C18H24FN3S.